The number of nitrogens with one attached hydrogen (secondary N) is 1. The number of esters is 1. The summed E-state index contributed by atoms with van der Waals surface area (Å²) in [4.78, 5) is 27.0. The second-order valence-corrected chi connectivity index (χ2v) is 7.02. The first kappa shape index (κ1) is 20.4. The first-order valence-corrected chi connectivity index (χ1v) is 9.82. The van der Waals surface area contributed by atoms with Gasteiger partial charge in [0.25, 0.3) is 0 Å². The van der Waals surface area contributed by atoms with Crippen molar-refractivity contribution < 1.29 is 14.3 Å². The maximum atomic E-state index is 12.8. The maximum absolute atomic E-state index is 12.8. The lowest BCUT2D eigenvalue weighted by Gasteiger charge is -2.35. The van der Waals surface area contributed by atoms with Crippen LogP contribution >= 0.6 is 0 Å². The third-order valence-corrected chi connectivity index (χ3v) is 5.10. The summed E-state index contributed by atoms with van der Waals surface area (Å²) in [5, 5.41) is 3.20. The molecule has 3 atom stereocenters. The normalized spacial score (nSPS) is 20.2. The molecular formula is C21H32N2O3. The van der Waals surface area contributed by atoms with Crippen molar-refractivity contribution in [2.24, 2.45) is 5.92 Å². The van der Waals surface area contributed by atoms with Crippen LogP contribution in [0.3, 0.4) is 0 Å². The molecule has 0 aliphatic carbocycles. The number of carbonyl (C=O) groups excluding carboxylic acids is 2. The summed E-state index contributed by atoms with van der Waals surface area (Å²) in [6.45, 7) is 7.72. The zero-order chi connectivity index (χ0) is 18.9. The highest BCUT2D eigenvalue weighted by atomic mass is 16.5. The molecule has 5 heteroatoms. The Bertz CT molecular complexity index is 576. The summed E-state index contributed by atoms with van der Waals surface area (Å²) < 4.78 is 5.16. The second-order valence-electron chi connectivity index (χ2n) is 7.02. The summed E-state index contributed by atoms with van der Waals surface area (Å²) in [6.07, 6.45) is 3.67. The number of piperidine rings is 1. The van der Waals surface area contributed by atoms with E-state index in [9.17, 15) is 9.59 Å². The Hall–Kier alpha value is -1.88. The van der Waals surface area contributed by atoms with Crippen molar-refractivity contribution in [3.05, 3.63) is 35.9 Å². The Morgan fingerprint density at radius 2 is 2.00 bits per heavy atom. The largest absolute Gasteiger partial charge is 0.466 e. The molecule has 0 bridgehead atoms. The van der Waals surface area contributed by atoms with Crippen LogP contribution in [0, 0.1) is 5.92 Å². The van der Waals surface area contributed by atoms with Crippen molar-refractivity contribution in [1.82, 2.24) is 10.2 Å². The minimum absolute atomic E-state index is 0.0248. The lowest BCUT2D eigenvalue weighted by molar-refractivity contribution is -0.151. The van der Waals surface area contributed by atoms with Gasteiger partial charge in [-0.25, -0.2) is 0 Å². The van der Waals surface area contributed by atoms with E-state index in [1.807, 2.05) is 32.0 Å². The highest BCUT2D eigenvalue weighted by Crippen LogP contribution is 2.22. The fourth-order valence-corrected chi connectivity index (χ4v) is 3.57. The topological polar surface area (TPSA) is 58.6 Å². The van der Waals surface area contributed by atoms with Gasteiger partial charge >= 0.3 is 5.97 Å². The van der Waals surface area contributed by atoms with Crippen molar-refractivity contribution in [1.29, 1.82) is 0 Å². The molecule has 0 aromatic heterocycles. The zero-order valence-corrected chi connectivity index (χ0v) is 16.2. The molecule has 1 saturated heterocycles. The molecule has 1 aromatic rings. The molecule has 26 heavy (non-hydrogen) atoms. The Kier molecular flexibility index (Phi) is 8.10. The summed E-state index contributed by atoms with van der Waals surface area (Å²) in [7, 11) is 0. The quantitative estimate of drug-likeness (QED) is 0.723. The molecule has 1 amide bonds. The Morgan fingerprint density at radius 1 is 1.27 bits per heavy atom. The lowest BCUT2D eigenvalue weighted by atomic mass is 9.96. The fraction of sp³-hybridized carbons (Fsp3) is 0.619. The molecule has 0 radical (unpaired) electrons. The van der Waals surface area contributed by atoms with E-state index in [1.54, 1.807) is 0 Å². The van der Waals surface area contributed by atoms with Gasteiger partial charge in [-0.1, -0.05) is 43.7 Å². The average molecular weight is 360 g/mol. The number of likely N-dealkylation sites (tertiary alicyclic amines) is 1. The van der Waals surface area contributed by atoms with E-state index in [0.29, 0.717) is 13.2 Å². The molecule has 144 valence electrons. The smallest absolute Gasteiger partial charge is 0.310 e. The molecule has 1 N–H and O–H groups in total. The van der Waals surface area contributed by atoms with Gasteiger partial charge in [0.1, 0.15) is 0 Å². The van der Waals surface area contributed by atoms with Gasteiger partial charge < -0.3 is 10.1 Å². The van der Waals surface area contributed by atoms with Crippen molar-refractivity contribution in [2.75, 3.05) is 19.7 Å². The second kappa shape index (κ2) is 10.3. The predicted octanol–water partition coefficient (Wildman–Crippen LogP) is 3.31. The van der Waals surface area contributed by atoms with Gasteiger partial charge in [-0.3, -0.25) is 14.5 Å². The summed E-state index contributed by atoms with van der Waals surface area (Å²) in [5.74, 6) is -0.241. The first-order valence-electron chi connectivity index (χ1n) is 9.82. The van der Waals surface area contributed by atoms with Crippen molar-refractivity contribution in [2.45, 2.75) is 58.5 Å². The van der Waals surface area contributed by atoms with Crippen molar-refractivity contribution in [3.63, 3.8) is 0 Å². The minimum atomic E-state index is -0.254. The van der Waals surface area contributed by atoms with Crippen LogP contribution < -0.4 is 5.32 Å². The predicted molar refractivity (Wildman–Crippen MR) is 103 cm³/mol. The third kappa shape index (κ3) is 5.56. The summed E-state index contributed by atoms with van der Waals surface area (Å²) in [6, 6.07) is 9.88. The number of hydrogen-bond acceptors (Lipinski definition) is 4. The van der Waals surface area contributed by atoms with E-state index in [4.69, 9.17) is 4.74 Å². The lowest BCUT2D eigenvalue weighted by Crippen LogP contribution is -2.50. The van der Waals surface area contributed by atoms with Crippen LogP contribution in [0.5, 0.6) is 0 Å². The van der Waals surface area contributed by atoms with Crippen LogP contribution in [0.2, 0.25) is 0 Å². The zero-order valence-electron chi connectivity index (χ0n) is 16.2. The molecule has 2 rings (SSSR count). The van der Waals surface area contributed by atoms with Gasteiger partial charge in [-0.2, -0.15) is 0 Å². The molecule has 1 heterocycles. The molecule has 0 spiro atoms. The van der Waals surface area contributed by atoms with E-state index in [1.165, 1.54) is 0 Å². The Balaban J connectivity index is 1.97. The van der Waals surface area contributed by atoms with Crippen molar-refractivity contribution in [3.8, 4) is 0 Å². The Morgan fingerprint density at radius 3 is 2.65 bits per heavy atom. The summed E-state index contributed by atoms with van der Waals surface area (Å²) >= 11 is 0. The van der Waals surface area contributed by atoms with Crippen LogP contribution in [-0.4, -0.2) is 42.5 Å². The molecule has 1 aliphatic heterocycles. The van der Waals surface area contributed by atoms with Crippen LogP contribution in [0.1, 0.15) is 58.1 Å². The van der Waals surface area contributed by atoms with Gasteiger partial charge in [0.15, 0.2) is 0 Å². The van der Waals surface area contributed by atoms with Gasteiger partial charge in [-0.05, 0) is 45.2 Å². The molecule has 3 unspecified atom stereocenters. The minimum Gasteiger partial charge on any atom is -0.466 e. The van der Waals surface area contributed by atoms with E-state index in [-0.39, 0.29) is 29.9 Å². The molecule has 5 nitrogen and oxygen atoms in total. The van der Waals surface area contributed by atoms with Gasteiger partial charge in [0, 0.05) is 6.54 Å². The first-order chi connectivity index (χ1) is 12.6. The number of nitrogens with zero attached hydrogens (tertiary/aromatic N) is 1. The number of carbonyl (C=O) groups is 2. The molecule has 1 fully saturated rings. The van der Waals surface area contributed by atoms with Crippen molar-refractivity contribution >= 4 is 11.9 Å². The van der Waals surface area contributed by atoms with E-state index < -0.39 is 0 Å². The molecule has 1 aliphatic rings. The van der Waals surface area contributed by atoms with E-state index in [2.05, 4.69) is 29.3 Å². The number of rotatable bonds is 8. The Labute approximate surface area is 157 Å². The third-order valence-electron chi connectivity index (χ3n) is 5.10. The van der Waals surface area contributed by atoms with Crippen LogP contribution in [0.25, 0.3) is 0 Å². The van der Waals surface area contributed by atoms with Crippen LogP contribution in [0.15, 0.2) is 30.3 Å². The van der Waals surface area contributed by atoms with Gasteiger partial charge in [0.05, 0.1) is 24.6 Å². The number of benzene rings is 1. The van der Waals surface area contributed by atoms with E-state index in [0.717, 1.165) is 37.8 Å². The van der Waals surface area contributed by atoms with E-state index >= 15 is 0 Å². The van der Waals surface area contributed by atoms with Crippen LogP contribution in [0.4, 0.5) is 0 Å². The average Bonchev–Trinajstić information content (AvgIpc) is 2.68. The maximum Gasteiger partial charge on any atom is 0.310 e. The van der Waals surface area contributed by atoms with Gasteiger partial charge in [-0.15, -0.1) is 0 Å². The number of hydrogen-bond donors (Lipinski definition) is 1. The molecule has 1 aromatic carbocycles. The summed E-state index contributed by atoms with van der Waals surface area (Å²) in [5.41, 5.74) is 1.14. The monoisotopic (exact) mass is 360 g/mol. The van der Waals surface area contributed by atoms with Crippen LogP contribution in [-0.2, 0) is 14.3 Å². The molecule has 0 saturated carbocycles. The highest BCUT2D eigenvalue weighted by molar-refractivity contribution is 5.82. The van der Waals surface area contributed by atoms with Gasteiger partial charge in [0.2, 0.25) is 5.91 Å². The SMILES string of the molecule is CCCC(NC(=O)C(C)N1CCCC(C(=O)OCC)C1)c1ccccc1. The highest BCUT2D eigenvalue weighted by Gasteiger charge is 2.32. The number of ether oxygens (including phenoxy) is 1. The fourth-order valence-electron chi connectivity index (χ4n) is 3.57. The number of amides is 1. The standard InChI is InChI=1S/C21H32N2O3/c1-4-10-19(17-11-7-6-8-12-17)22-20(24)16(3)23-14-9-13-18(15-23)21(25)26-5-2/h6-8,11-12,16,18-19H,4-5,9-10,13-15H2,1-3H3,(H,22,24). The molecular weight excluding hydrogens is 328 g/mol.